The van der Waals surface area contributed by atoms with E-state index in [1.807, 2.05) is 42.5 Å². The maximum Gasteiger partial charge on any atom is 0.325 e. The minimum Gasteiger partial charge on any atom is -0.455 e. The van der Waals surface area contributed by atoms with Crippen molar-refractivity contribution in [1.29, 1.82) is 0 Å². The van der Waals surface area contributed by atoms with Gasteiger partial charge in [-0.3, -0.25) is 24.2 Å². The molecule has 0 radical (unpaired) electrons. The Kier molecular flexibility index (Phi) is 10.4. The molecule has 42 heavy (non-hydrogen) atoms. The number of esters is 1. The second-order valence-corrected chi connectivity index (χ2v) is 10.8. The fraction of sp³-hybridized carbons (Fsp3) is 0.452. The summed E-state index contributed by atoms with van der Waals surface area (Å²) in [6.45, 7) is 10.3. The Balaban J connectivity index is 1.54. The number of rotatable bonds is 1. The van der Waals surface area contributed by atoms with E-state index in [-0.39, 0.29) is 12.3 Å². The molecule has 2 aliphatic rings. The van der Waals surface area contributed by atoms with Crippen LogP contribution in [0.5, 0.6) is 0 Å². The van der Waals surface area contributed by atoms with Crippen molar-refractivity contribution < 1.29 is 23.9 Å². The van der Waals surface area contributed by atoms with Crippen molar-refractivity contribution in [3.05, 3.63) is 59.8 Å². The molecule has 0 saturated carbocycles. The number of nitrogens with zero attached hydrogens (tertiary/aromatic N) is 2. The molecule has 11 nitrogen and oxygen atoms in total. The predicted octanol–water partition coefficient (Wildman–Crippen LogP) is 2.30. The summed E-state index contributed by atoms with van der Waals surface area (Å²) in [6, 6.07) is 7.20. The van der Waals surface area contributed by atoms with Gasteiger partial charge in [-0.25, -0.2) is 10.4 Å². The zero-order valence-corrected chi connectivity index (χ0v) is 24.4. The van der Waals surface area contributed by atoms with Gasteiger partial charge in [-0.2, -0.15) is 0 Å². The van der Waals surface area contributed by atoms with Crippen LogP contribution in [-0.4, -0.2) is 71.4 Å². The number of amides is 3. The van der Waals surface area contributed by atoms with Gasteiger partial charge in [-0.05, 0) is 69.8 Å². The number of carbonyl (C=O) groups excluding carboxylic acids is 4. The normalized spacial score (nSPS) is 25.4. The van der Waals surface area contributed by atoms with Gasteiger partial charge in [0.2, 0.25) is 11.8 Å². The maximum atomic E-state index is 13.2. The van der Waals surface area contributed by atoms with Crippen LogP contribution in [0.1, 0.15) is 63.8 Å². The number of hydrazine groups is 1. The van der Waals surface area contributed by atoms with Gasteiger partial charge >= 0.3 is 5.97 Å². The Morgan fingerprint density at radius 3 is 2.64 bits per heavy atom. The van der Waals surface area contributed by atoms with Gasteiger partial charge in [0, 0.05) is 24.9 Å². The molecule has 4 rings (SSSR count). The third kappa shape index (κ3) is 8.01. The zero-order chi connectivity index (χ0) is 30.2. The standard InChI is InChI=1S/C31H40N6O5/c1-19(2)28-29(39)33-20(3)30(40)37-17-7-9-25(36-37)31(41)42-21(4)24-13-12-23-11-10-22(18-26(23)34-24)8-5-6-15-32-16-14-27(38)35-28/h5,8,10-13,18,20-21,25,28,32,36H,1,6-7,9,14-17H2,2-4H3,(H,33,39)(H,35,38). The highest BCUT2D eigenvalue weighted by Gasteiger charge is 2.33. The fourth-order valence-corrected chi connectivity index (χ4v) is 4.88. The molecule has 5 bridgehead atoms. The molecule has 0 spiro atoms. The summed E-state index contributed by atoms with van der Waals surface area (Å²) in [4.78, 5) is 56.5. The van der Waals surface area contributed by atoms with E-state index in [2.05, 4.69) is 28.0 Å². The first-order chi connectivity index (χ1) is 20.1. The molecule has 1 aromatic carbocycles. The number of nitrogens with one attached hydrogen (secondary N) is 4. The molecule has 2 aromatic rings. The third-order valence-corrected chi connectivity index (χ3v) is 7.30. The molecule has 4 N–H and O–H groups in total. The first kappa shape index (κ1) is 30.9. The Labute approximate surface area is 246 Å². The summed E-state index contributed by atoms with van der Waals surface area (Å²) < 4.78 is 5.76. The van der Waals surface area contributed by atoms with Crippen LogP contribution in [0.15, 0.2) is 48.6 Å². The van der Waals surface area contributed by atoms with Crippen LogP contribution in [0.25, 0.3) is 17.0 Å². The monoisotopic (exact) mass is 576 g/mol. The summed E-state index contributed by atoms with van der Waals surface area (Å²) in [7, 11) is 0. The van der Waals surface area contributed by atoms with E-state index in [1.54, 1.807) is 20.8 Å². The Morgan fingerprint density at radius 1 is 1.07 bits per heavy atom. The molecule has 2 aliphatic heterocycles. The van der Waals surface area contributed by atoms with E-state index < -0.39 is 42.0 Å². The Bertz CT molecular complexity index is 1370. The molecule has 224 valence electrons. The Hall–Kier alpha value is -4.09. The van der Waals surface area contributed by atoms with E-state index in [0.29, 0.717) is 43.7 Å². The van der Waals surface area contributed by atoms with Crippen LogP contribution >= 0.6 is 0 Å². The molecule has 3 amide bonds. The number of carbonyl (C=O) groups is 4. The number of hydrogen-bond acceptors (Lipinski definition) is 8. The SMILES string of the molecule is C=C(C)C1NC(=O)CCNCCC=Cc2ccc3ccc(nc3c2)C(C)OC(=O)C2CCCN(N2)C(=O)C(C)NC1=O. The lowest BCUT2D eigenvalue weighted by molar-refractivity contribution is -0.157. The Morgan fingerprint density at radius 2 is 1.86 bits per heavy atom. The number of aromatic nitrogens is 1. The van der Waals surface area contributed by atoms with E-state index in [4.69, 9.17) is 9.72 Å². The first-order valence-electron chi connectivity index (χ1n) is 14.4. The predicted molar refractivity (Wildman–Crippen MR) is 160 cm³/mol. The van der Waals surface area contributed by atoms with Crippen molar-refractivity contribution >= 4 is 40.7 Å². The number of pyridine rings is 1. The minimum absolute atomic E-state index is 0.182. The molecule has 3 heterocycles. The molecule has 11 heteroatoms. The summed E-state index contributed by atoms with van der Waals surface area (Å²) in [5, 5.41) is 10.9. The quantitative estimate of drug-likeness (QED) is 0.299. The highest BCUT2D eigenvalue weighted by Crippen LogP contribution is 2.22. The second-order valence-electron chi connectivity index (χ2n) is 10.8. The highest BCUT2D eigenvalue weighted by molar-refractivity contribution is 5.93. The van der Waals surface area contributed by atoms with E-state index in [1.165, 1.54) is 5.01 Å². The first-order valence-corrected chi connectivity index (χ1v) is 14.4. The lowest BCUT2D eigenvalue weighted by atomic mass is 10.1. The van der Waals surface area contributed by atoms with E-state index in [9.17, 15) is 19.2 Å². The highest BCUT2D eigenvalue weighted by atomic mass is 16.5. The van der Waals surface area contributed by atoms with Crippen LogP contribution in [-0.2, 0) is 23.9 Å². The third-order valence-electron chi connectivity index (χ3n) is 7.30. The van der Waals surface area contributed by atoms with Crippen LogP contribution < -0.4 is 21.4 Å². The smallest absolute Gasteiger partial charge is 0.325 e. The van der Waals surface area contributed by atoms with Crippen molar-refractivity contribution in [2.24, 2.45) is 0 Å². The fourth-order valence-electron chi connectivity index (χ4n) is 4.88. The number of benzene rings is 1. The average molecular weight is 577 g/mol. The lowest BCUT2D eigenvalue weighted by Crippen LogP contribution is -2.60. The van der Waals surface area contributed by atoms with Gasteiger partial charge in [0.05, 0.1) is 11.2 Å². The van der Waals surface area contributed by atoms with Gasteiger partial charge in [0.25, 0.3) is 5.91 Å². The summed E-state index contributed by atoms with van der Waals surface area (Å²) in [6.07, 6.45) is 5.49. The molecular weight excluding hydrogens is 536 g/mol. The lowest BCUT2D eigenvalue weighted by Gasteiger charge is -2.35. The summed E-state index contributed by atoms with van der Waals surface area (Å²) in [5.41, 5.74) is 5.83. The van der Waals surface area contributed by atoms with Crippen LogP contribution in [0.3, 0.4) is 0 Å². The number of ether oxygens (including phenoxy) is 1. The molecule has 0 aliphatic carbocycles. The van der Waals surface area contributed by atoms with Crippen molar-refractivity contribution in [2.75, 3.05) is 19.6 Å². The summed E-state index contributed by atoms with van der Waals surface area (Å²) >= 11 is 0. The molecule has 1 saturated heterocycles. The average Bonchev–Trinajstić information content (AvgIpc) is 2.97. The number of fused-ring (bicyclic) bond motifs is 4. The van der Waals surface area contributed by atoms with Crippen molar-refractivity contribution in [1.82, 2.24) is 31.4 Å². The van der Waals surface area contributed by atoms with Gasteiger partial charge in [0.15, 0.2) is 0 Å². The maximum absolute atomic E-state index is 13.2. The molecule has 4 unspecified atom stereocenters. The number of cyclic esters (lactones) is 1. The van der Waals surface area contributed by atoms with Crippen LogP contribution in [0.2, 0.25) is 0 Å². The molecule has 1 aromatic heterocycles. The molecular formula is C31H40N6O5. The van der Waals surface area contributed by atoms with E-state index >= 15 is 0 Å². The molecule has 4 atom stereocenters. The molecule has 1 fully saturated rings. The zero-order valence-electron chi connectivity index (χ0n) is 24.4. The van der Waals surface area contributed by atoms with Gasteiger partial charge in [0.1, 0.15) is 24.2 Å². The minimum atomic E-state index is -0.979. The van der Waals surface area contributed by atoms with Crippen molar-refractivity contribution in [2.45, 2.75) is 70.7 Å². The van der Waals surface area contributed by atoms with E-state index in [0.717, 1.165) is 22.9 Å². The topological polar surface area (TPSA) is 142 Å². The summed E-state index contributed by atoms with van der Waals surface area (Å²) in [5.74, 6) is -1.73. The van der Waals surface area contributed by atoms with Crippen LogP contribution in [0.4, 0.5) is 0 Å². The van der Waals surface area contributed by atoms with Crippen molar-refractivity contribution in [3.8, 4) is 0 Å². The van der Waals surface area contributed by atoms with Gasteiger partial charge in [-0.1, -0.05) is 36.9 Å². The van der Waals surface area contributed by atoms with Crippen molar-refractivity contribution in [3.63, 3.8) is 0 Å². The van der Waals surface area contributed by atoms with Gasteiger partial charge < -0.3 is 20.7 Å². The second kappa shape index (κ2) is 14.2. The van der Waals surface area contributed by atoms with Gasteiger partial charge in [-0.15, -0.1) is 0 Å². The largest absolute Gasteiger partial charge is 0.455 e. The van der Waals surface area contributed by atoms with Crippen LogP contribution in [0, 0.1) is 0 Å². The number of hydrogen-bond donors (Lipinski definition) is 4.